The molecule has 0 spiro atoms. The molecule has 0 radical (unpaired) electrons. The first-order valence-electron chi connectivity index (χ1n) is 11.6. The number of benzene rings is 2. The molecule has 1 N–H and O–H groups in total. The van der Waals surface area contributed by atoms with Crippen molar-refractivity contribution in [3.05, 3.63) is 69.0 Å². The van der Waals surface area contributed by atoms with Crippen molar-refractivity contribution >= 4 is 5.97 Å². The summed E-state index contributed by atoms with van der Waals surface area (Å²) in [6.45, 7) is 8.11. The van der Waals surface area contributed by atoms with Crippen molar-refractivity contribution in [2.24, 2.45) is 0 Å². The first-order chi connectivity index (χ1) is 16.4. The fraction of sp³-hybridized carbons (Fsp3) is 0.462. The number of ether oxygens (including phenoxy) is 2. The number of piperazine rings is 1. The van der Waals surface area contributed by atoms with Gasteiger partial charge in [-0.1, -0.05) is 6.07 Å². The zero-order valence-corrected chi connectivity index (χ0v) is 19.4. The number of aryl methyl sites for hydroxylation is 1. The van der Waals surface area contributed by atoms with Gasteiger partial charge in [0.25, 0.3) is 0 Å². The van der Waals surface area contributed by atoms with E-state index >= 15 is 0 Å². The van der Waals surface area contributed by atoms with Crippen molar-refractivity contribution in [2.75, 3.05) is 39.3 Å². The largest absolute Gasteiger partial charge is 0.457 e. The second-order valence-electron chi connectivity index (χ2n) is 9.44. The van der Waals surface area contributed by atoms with E-state index in [0.29, 0.717) is 30.8 Å². The van der Waals surface area contributed by atoms with E-state index in [-0.39, 0.29) is 30.3 Å². The van der Waals surface area contributed by atoms with Gasteiger partial charge < -0.3 is 14.6 Å². The van der Waals surface area contributed by atoms with Crippen LogP contribution in [0.5, 0.6) is 0 Å². The molecule has 178 valence electrons. The molecule has 7 nitrogen and oxygen atoms in total. The lowest BCUT2D eigenvalue weighted by Gasteiger charge is -2.46. The Kier molecular flexibility index (Phi) is 6.13. The highest BCUT2D eigenvalue weighted by Crippen LogP contribution is 2.32. The minimum atomic E-state index is -0.656. The zero-order valence-electron chi connectivity index (χ0n) is 19.4. The lowest BCUT2D eigenvalue weighted by Crippen LogP contribution is -2.58. The topological polar surface area (TPSA) is 86.0 Å². The molecule has 2 fully saturated rings. The summed E-state index contributed by atoms with van der Waals surface area (Å²) in [7, 11) is 0. The molecule has 34 heavy (non-hydrogen) atoms. The maximum absolute atomic E-state index is 13.9. The Morgan fingerprint density at radius 2 is 2.09 bits per heavy atom. The van der Waals surface area contributed by atoms with Crippen LogP contribution in [0.3, 0.4) is 0 Å². The summed E-state index contributed by atoms with van der Waals surface area (Å²) in [5.74, 6) is -0.798. The smallest absolute Gasteiger partial charge is 0.338 e. The predicted molar refractivity (Wildman–Crippen MR) is 122 cm³/mol. The number of carbonyl (C=O) groups is 1. The highest BCUT2D eigenvalue weighted by Gasteiger charge is 2.35. The van der Waals surface area contributed by atoms with E-state index < -0.39 is 11.9 Å². The molecule has 2 aromatic carbocycles. The summed E-state index contributed by atoms with van der Waals surface area (Å²) in [5, 5.41) is 20.2. The highest BCUT2D eigenvalue weighted by atomic mass is 19.1. The van der Waals surface area contributed by atoms with Gasteiger partial charge in [0.1, 0.15) is 18.5 Å². The number of fused-ring (bicyclic) bond motifs is 2. The van der Waals surface area contributed by atoms with E-state index in [1.165, 1.54) is 6.07 Å². The maximum Gasteiger partial charge on any atom is 0.338 e. The molecule has 0 aliphatic carbocycles. The van der Waals surface area contributed by atoms with Crippen LogP contribution in [0.2, 0.25) is 0 Å². The Balaban J connectivity index is 1.22. The number of carbonyl (C=O) groups excluding carboxylic acids is 1. The Morgan fingerprint density at radius 1 is 1.26 bits per heavy atom. The van der Waals surface area contributed by atoms with Gasteiger partial charge in [0, 0.05) is 44.3 Å². The summed E-state index contributed by atoms with van der Waals surface area (Å²) < 4.78 is 25.2. The third kappa shape index (κ3) is 4.10. The molecule has 2 saturated heterocycles. The number of aliphatic hydroxyl groups excluding tert-OH is 1. The number of halogens is 1. The third-order valence-electron chi connectivity index (χ3n) is 7.35. The first-order valence-corrected chi connectivity index (χ1v) is 11.6. The molecule has 2 aromatic rings. The summed E-state index contributed by atoms with van der Waals surface area (Å²) in [6, 6.07) is 8.94. The van der Waals surface area contributed by atoms with Crippen molar-refractivity contribution in [3.8, 4) is 6.07 Å². The minimum absolute atomic E-state index is 0.0832. The molecular weight excluding hydrogens is 437 g/mol. The molecule has 3 aliphatic rings. The molecule has 0 aromatic heterocycles. The van der Waals surface area contributed by atoms with Crippen molar-refractivity contribution in [3.63, 3.8) is 0 Å². The van der Waals surface area contributed by atoms with Crippen LogP contribution in [0.15, 0.2) is 24.3 Å². The molecule has 0 amide bonds. The van der Waals surface area contributed by atoms with E-state index in [0.717, 1.165) is 41.9 Å². The van der Waals surface area contributed by atoms with Gasteiger partial charge in [-0.25, -0.2) is 9.18 Å². The number of β-amino-alcohol motifs (C(OH)–C–C–N with tert-alkyl or cyclic N) is 1. The standard InChI is InChI=1S/C26H28FN3O4/c1-15-7-21-17(13-34-26(21)32)8-20(15)24(31)11-29-5-6-30-12-25(33-14-18(30)10-29)19-3-4-23(27)22(9-28)16(19)2/h3-4,7-8,18,24-25,31H,5-6,10-14H2,1-2H3/t18-,24?,25?/m0/s1. The first kappa shape index (κ1) is 22.9. The number of nitriles is 1. The van der Waals surface area contributed by atoms with Crippen LogP contribution < -0.4 is 0 Å². The van der Waals surface area contributed by atoms with E-state index in [1.807, 2.05) is 25.1 Å². The summed E-state index contributed by atoms with van der Waals surface area (Å²) in [4.78, 5) is 16.4. The summed E-state index contributed by atoms with van der Waals surface area (Å²) >= 11 is 0. The van der Waals surface area contributed by atoms with Crippen molar-refractivity contribution in [2.45, 2.75) is 38.7 Å². The van der Waals surface area contributed by atoms with Gasteiger partial charge in [0.2, 0.25) is 0 Å². The summed E-state index contributed by atoms with van der Waals surface area (Å²) in [5.41, 5.74) is 4.73. The van der Waals surface area contributed by atoms with Crippen LogP contribution in [0, 0.1) is 31.0 Å². The van der Waals surface area contributed by atoms with Gasteiger partial charge in [0.15, 0.2) is 0 Å². The van der Waals surface area contributed by atoms with E-state index in [4.69, 9.17) is 9.47 Å². The molecule has 3 heterocycles. The van der Waals surface area contributed by atoms with Gasteiger partial charge in [-0.15, -0.1) is 0 Å². The Morgan fingerprint density at radius 3 is 2.88 bits per heavy atom. The second-order valence-corrected chi connectivity index (χ2v) is 9.44. The molecule has 3 atom stereocenters. The predicted octanol–water partition coefficient (Wildman–Crippen LogP) is 2.78. The van der Waals surface area contributed by atoms with Crippen LogP contribution in [0.4, 0.5) is 4.39 Å². The molecule has 3 aliphatic heterocycles. The quantitative estimate of drug-likeness (QED) is 0.695. The monoisotopic (exact) mass is 465 g/mol. The van der Waals surface area contributed by atoms with Crippen molar-refractivity contribution < 1.29 is 23.8 Å². The number of nitrogens with zero attached hydrogens (tertiary/aromatic N) is 3. The van der Waals surface area contributed by atoms with Crippen LogP contribution in [0.1, 0.15) is 55.9 Å². The highest BCUT2D eigenvalue weighted by molar-refractivity contribution is 5.93. The Hall–Kier alpha value is -2.83. The maximum atomic E-state index is 13.9. The average molecular weight is 466 g/mol. The number of esters is 1. The van der Waals surface area contributed by atoms with E-state index in [9.17, 15) is 19.6 Å². The van der Waals surface area contributed by atoms with Crippen molar-refractivity contribution in [1.29, 1.82) is 5.26 Å². The summed E-state index contributed by atoms with van der Waals surface area (Å²) in [6.07, 6.45) is -0.851. The molecule has 8 heteroatoms. The van der Waals surface area contributed by atoms with Crippen molar-refractivity contribution in [1.82, 2.24) is 9.80 Å². The van der Waals surface area contributed by atoms with Crippen LogP contribution in [-0.4, -0.2) is 66.2 Å². The SMILES string of the molecule is Cc1cc2c(cc1C(O)CN1CCN3CC(c4ccc(F)c(C#N)c4C)OC[C@@H]3C1)COC2=O. The number of morpholine rings is 1. The van der Waals surface area contributed by atoms with Crippen LogP contribution in [-0.2, 0) is 16.1 Å². The lowest BCUT2D eigenvalue weighted by atomic mass is 9.95. The third-order valence-corrected chi connectivity index (χ3v) is 7.35. The second kappa shape index (κ2) is 9.08. The fourth-order valence-electron chi connectivity index (χ4n) is 5.39. The minimum Gasteiger partial charge on any atom is -0.457 e. The molecule has 0 bridgehead atoms. The molecule has 0 saturated carbocycles. The van der Waals surface area contributed by atoms with Gasteiger partial charge in [0.05, 0.1) is 29.9 Å². The van der Waals surface area contributed by atoms with Gasteiger partial charge in [-0.3, -0.25) is 9.80 Å². The van der Waals surface area contributed by atoms with Gasteiger partial charge in [-0.05, 0) is 54.3 Å². The number of rotatable bonds is 4. The lowest BCUT2D eigenvalue weighted by molar-refractivity contribution is -0.0939. The number of aliphatic hydroxyl groups is 1. The number of hydrogen-bond acceptors (Lipinski definition) is 7. The molecule has 5 rings (SSSR count). The van der Waals surface area contributed by atoms with Crippen LogP contribution >= 0.6 is 0 Å². The fourth-order valence-corrected chi connectivity index (χ4v) is 5.39. The normalized spacial score (nSPS) is 23.7. The Bertz CT molecular complexity index is 1180. The van der Waals surface area contributed by atoms with Crippen LogP contribution in [0.25, 0.3) is 0 Å². The number of cyclic esters (lactones) is 1. The number of hydrogen-bond donors (Lipinski definition) is 1. The van der Waals surface area contributed by atoms with Gasteiger partial charge >= 0.3 is 5.97 Å². The Labute approximate surface area is 198 Å². The molecular formula is C26H28FN3O4. The zero-order chi connectivity index (χ0) is 24.0. The van der Waals surface area contributed by atoms with E-state index in [2.05, 4.69) is 9.80 Å². The van der Waals surface area contributed by atoms with E-state index in [1.54, 1.807) is 13.0 Å². The van der Waals surface area contributed by atoms with Gasteiger partial charge in [-0.2, -0.15) is 5.26 Å². The average Bonchev–Trinajstić information content (AvgIpc) is 3.18. The molecule has 2 unspecified atom stereocenters.